The molecule has 1 heterocycles. The highest BCUT2D eigenvalue weighted by Crippen LogP contribution is 2.20. The summed E-state index contributed by atoms with van der Waals surface area (Å²) in [6.07, 6.45) is 0.341. The van der Waals surface area contributed by atoms with Crippen LogP contribution in [0.5, 0.6) is 0 Å². The topological polar surface area (TPSA) is 88.0 Å². The van der Waals surface area contributed by atoms with E-state index in [0.29, 0.717) is 17.1 Å². The summed E-state index contributed by atoms with van der Waals surface area (Å²) in [6, 6.07) is 15.6. The van der Waals surface area contributed by atoms with Gasteiger partial charge in [0.25, 0.3) is 5.91 Å². The lowest BCUT2D eigenvalue weighted by atomic mass is 10.1. The molecule has 0 bridgehead atoms. The molecule has 3 rings (SSSR count). The first-order valence-corrected chi connectivity index (χ1v) is 7.83. The van der Waals surface area contributed by atoms with E-state index in [1.54, 1.807) is 18.2 Å². The Morgan fingerprint density at radius 3 is 2.58 bits per heavy atom. The summed E-state index contributed by atoms with van der Waals surface area (Å²) in [5.74, 6) is -0.964. The highest BCUT2D eigenvalue weighted by Gasteiger charge is 2.20. The second-order valence-electron chi connectivity index (χ2n) is 5.53. The molecule has 0 aliphatic heterocycles. The van der Waals surface area contributed by atoms with E-state index in [-0.39, 0.29) is 5.91 Å². The Balaban J connectivity index is 1.78. The fourth-order valence-electron chi connectivity index (χ4n) is 2.53. The number of aromatic amines is 1. The van der Waals surface area contributed by atoms with Gasteiger partial charge in [-0.3, -0.25) is 9.59 Å². The number of nitrogens with one attached hydrogen (secondary N) is 2. The average molecular weight is 342 g/mol. The van der Waals surface area contributed by atoms with Crippen LogP contribution in [0.3, 0.4) is 0 Å². The Hall–Kier alpha value is -2.79. The minimum absolute atomic E-state index is 0.341. The zero-order valence-electron chi connectivity index (χ0n) is 12.8. The van der Waals surface area contributed by atoms with Gasteiger partial charge in [-0.05, 0) is 23.8 Å². The molecule has 0 radical (unpaired) electrons. The van der Waals surface area contributed by atoms with Crippen LogP contribution in [-0.4, -0.2) is 22.8 Å². The van der Waals surface area contributed by atoms with Gasteiger partial charge in [-0.25, -0.2) is 0 Å². The van der Waals surface area contributed by atoms with Gasteiger partial charge >= 0.3 is 0 Å². The number of primary amides is 1. The number of fused-ring (bicyclic) bond motifs is 1. The van der Waals surface area contributed by atoms with Crippen LogP contribution in [0.4, 0.5) is 0 Å². The van der Waals surface area contributed by atoms with Crippen LogP contribution in [0.25, 0.3) is 10.9 Å². The van der Waals surface area contributed by atoms with E-state index < -0.39 is 11.9 Å². The molecular formula is C18H16ClN3O2. The van der Waals surface area contributed by atoms with E-state index in [2.05, 4.69) is 10.3 Å². The van der Waals surface area contributed by atoms with Crippen molar-refractivity contribution < 1.29 is 9.59 Å². The molecule has 1 atom stereocenters. The summed E-state index contributed by atoms with van der Waals surface area (Å²) >= 11 is 5.94. The first kappa shape index (κ1) is 16.1. The summed E-state index contributed by atoms with van der Waals surface area (Å²) in [7, 11) is 0. The molecule has 1 unspecified atom stereocenters. The van der Waals surface area contributed by atoms with Gasteiger partial charge in [0.2, 0.25) is 5.91 Å². The molecule has 0 aliphatic rings. The second kappa shape index (κ2) is 6.76. The molecular weight excluding hydrogens is 326 g/mol. The van der Waals surface area contributed by atoms with Crippen molar-refractivity contribution in [2.24, 2.45) is 5.73 Å². The smallest absolute Gasteiger partial charge is 0.268 e. The maximum Gasteiger partial charge on any atom is 0.268 e. The largest absolute Gasteiger partial charge is 0.368 e. The van der Waals surface area contributed by atoms with Gasteiger partial charge in [-0.2, -0.15) is 0 Å². The number of hydrogen-bond donors (Lipinski definition) is 3. The first-order valence-electron chi connectivity index (χ1n) is 7.45. The van der Waals surface area contributed by atoms with Crippen molar-refractivity contribution in [3.05, 3.63) is 70.9 Å². The van der Waals surface area contributed by atoms with Crippen LogP contribution < -0.4 is 11.1 Å². The Kier molecular flexibility index (Phi) is 4.53. The number of aromatic nitrogens is 1. The standard InChI is InChI=1S/C18H16ClN3O2/c19-13-7-6-12-9-16(21-14(12)10-13)18(24)22-15(17(20)23)8-11-4-2-1-3-5-11/h1-7,9-10,15,21H,8H2,(H2,20,23)(H,22,24). The number of rotatable bonds is 5. The molecule has 24 heavy (non-hydrogen) atoms. The van der Waals surface area contributed by atoms with Gasteiger partial charge in [0.1, 0.15) is 11.7 Å². The molecule has 0 aliphatic carbocycles. The molecule has 4 N–H and O–H groups in total. The Labute approximate surface area is 143 Å². The van der Waals surface area contributed by atoms with E-state index in [4.69, 9.17) is 17.3 Å². The SMILES string of the molecule is NC(=O)C(Cc1ccccc1)NC(=O)c1cc2ccc(Cl)cc2[nH]1. The maximum absolute atomic E-state index is 12.4. The normalized spacial score (nSPS) is 12.0. The number of hydrogen-bond acceptors (Lipinski definition) is 2. The predicted molar refractivity (Wildman–Crippen MR) is 93.9 cm³/mol. The van der Waals surface area contributed by atoms with Gasteiger partial charge < -0.3 is 16.0 Å². The van der Waals surface area contributed by atoms with Crippen LogP contribution in [-0.2, 0) is 11.2 Å². The number of amides is 2. The molecule has 5 nitrogen and oxygen atoms in total. The van der Waals surface area contributed by atoms with E-state index in [1.807, 2.05) is 36.4 Å². The van der Waals surface area contributed by atoms with Crippen LogP contribution in [0.15, 0.2) is 54.6 Å². The van der Waals surface area contributed by atoms with Crippen LogP contribution in [0.2, 0.25) is 5.02 Å². The molecule has 2 amide bonds. The molecule has 0 fully saturated rings. The highest BCUT2D eigenvalue weighted by molar-refractivity contribution is 6.31. The number of benzene rings is 2. The minimum atomic E-state index is -0.782. The van der Waals surface area contributed by atoms with Crippen molar-refractivity contribution in [2.75, 3.05) is 0 Å². The number of carbonyl (C=O) groups excluding carboxylic acids is 2. The Morgan fingerprint density at radius 2 is 1.88 bits per heavy atom. The Bertz CT molecular complexity index is 890. The van der Waals surface area contributed by atoms with Crippen molar-refractivity contribution in [1.82, 2.24) is 10.3 Å². The van der Waals surface area contributed by atoms with Crippen LogP contribution in [0.1, 0.15) is 16.1 Å². The summed E-state index contributed by atoms with van der Waals surface area (Å²) in [6.45, 7) is 0. The van der Waals surface area contributed by atoms with E-state index in [0.717, 1.165) is 16.5 Å². The van der Waals surface area contributed by atoms with E-state index in [9.17, 15) is 9.59 Å². The minimum Gasteiger partial charge on any atom is -0.368 e. The zero-order valence-corrected chi connectivity index (χ0v) is 13.5. The summed E-state index contributed by atoms with van der Waals surface area (Å²) in [4.78, 5) is 27.1. The molecule has 3 aromatic rings. The van der Waals surface area contributed by atoms with Gasteiger partial charge in [-0.1, -0.05) is 48.0 Å². The number of H-pyrrole nitrogens is 1. The van der Waals surface area contributed by atoms with Crippen LogP contribution in [0, 0.1) is 0 Å². The summed E-state index contributed by atoms with van der Waals surface area (Å²) in [5.41, 5.74) is 7.46. The number of nitrogens with two attached hydrogens (primary N) is 1. The molecule has 122 valence electrons. The van der Waals surface area contributed by atoms with Crippen molar-refractivity contribution in [2.45, 2.75) is 12.5 Å². The Morgan fingerprint density at radius 1 is 1.12 bits per heavy atom. The third-order valence-electron chi connectivity index (χ3n) is 3.76. The van der Waals surface area contributed by atoms with Crippen molar-refractivity contribution in [3.8, 4) is 0 Å². The monoisotopic (exact) mass is 341 g/mol. The number of carbonyl (C=O) groups is 2. The van der Waals surface area contributed by atoms with Crippen molar-refractivity contribution in [3.63, 3.8) is 0 Å². The molecule has 6 heteroatoms. The van der Waals surface area contributed by atoms with Gasteiger partial charge in [0.05, 0.1) is 0 Å². The van der Waals surface area contributed by atoms with Crippen molar-refractivity contribution in [1.29, 1.82) is 0 Å². The summed E-state index contributed by atoms with van der Waals surface area (Å²) in [5, 5.41) is 4.12. The molecule has 0 saturated carbocycles. The first-order chi connectivity index (χ1) is 11.5. The average Bonchev–Trinajstić information content (AvgIpc) is 2.98. The molecule has 1 aromatic heterocycles. The highest BCUT2D eigenvalue weighted by atomic mass is 35.5. The lowest BCUT2D eigenvalue weighted by molar-refractivity contribution is -0.119. The molecule has 0 spiro atoms. The van der Waals surface area contributed by atoms with E-state index in [1.165, 1.54) is 0 Å². The number of halogens is 1. The van der Waals surface area contributed by atoms with Gasteiger partial charge in [0.15, 0.2) is 0 Å². The second-order valence-corrected chi connectivity index (χ2v) is 5.97. The lowest BCUT2D eigenvalue weighted by Crippen LogP contribution is -2.45. The van der Waals surface area contributed by atoms with E-state index >= 15 is 0 Å². The predicted octanol–water partition coefficient (Wildman–Crippen LogP) is 2.65. The summed E-state index contributed by atoms with van der Waals surface area (Å²) < 4.78 is 0. The van der Waals surface area contributed by atoms with Crippen molar-refractivity contribution >= 4 is 34.3 Å². The lowest BCUT2D eigenvalue weighted by Gasteiger charge is -2.15. The zero-order chi connectivity index (χ0) is 17.1. The maximum atomic E-state index is 12.4. The van der Waals surface area contributed by atoms with Gasteiger partial charge in [-0.15, -0.1) is 0 Å². The fourth-order valence-corrected chi connectivity index (χ4v) is 2.70. The van der Waals surface area contributed by atoms with Crippen LogP contribution >= 0.6 is 11.6 Å². The molecule has 0 saturated heterocycles. The molecule has 2 aromatic carbocycles. The third-order valence-corrected chi connectivity index (χ3v) is 4.00. The quantitative estimate of drug-likeness (QED) is 0.666. The van der Waals surface area contributed by atoms with Gasteiger partial charge in [0, 0.05) is 22.3 Å². The third kappa shape index (κ3) is 3.58. The fraction of sp³-hybridized carbons (Fsp3) is 0.111.